The van der Waals surface area contributed by atoms with E-state index >= 15 is 0 Å². The van der Waals surface area contributed by atoms with Gasteiger partial charge in [0.15, 0.2) is 0 Å². The van der Waals surface area contributed by atoms with Gasteiger partial charge in [0.2, 0.25) is 0 Å². The monoisotopic (exact) mass is 232 g/mol. The van der Waals surface area contributed by atoms with Gasteiger partial charge in [0.25, 0.3) is 5.56 Å². The topological polar surface area (TPSA) is 45.8 Å². The smallest absolute Gasteiger partial charge is 0.251 e. The van der Waals surface area contributed by atoms with Crippen molar-refractivity contribution in [3.63, 3.8) is 0 Å². The number of halogens is 1. The molecular formula is C13H13FN2O. The maximum absolute atomic E-state index is 13.1. The Morgan fingerprint density at radius 1 is 1.35 bits per heavy atom. The van der Waals surface area contributed by atoms with Crippen LogP contribution in [0, 0.1) is 5.82 Å². The number of hydrogen-bond acceptors (Lipinski definition) is 2. The van der Waals surface area contributed by atoms with Gasteiger partial charge in [-0.1, -0.05) is 19.1 Å². The third-order valence-corrected chi connectivity index (χ3v) is 2.40. The molecule has 0 aliphatic carbocycles. The molecule has 0 unspecified atom stereocenters. The van der Waals surface area contributed by atoms with E-state index in [0.29, 0.717) is 23.5 Å². The van der Waals surface area contributed by atoms with Gasteiger partial charge in [-0.3, -0.25) is 4.79 Å². The molecule has 1 aromatic heterocycles. The summed E-state index contributed by atoms with van der Waals surface area (Å²) < 4.78 is 13.1. The van der Waals surface area contributed by atoms with Crippen LogP contribution in [0.5, 0.6) is 0 Å². The number of aromatic amines is 1. The summed E-state index contributed by atoms with van der Waals surface area (Å²) in [5.74, 6) is 0.306. The molecule has 0 atom stereocenters. The van der Waals surface area contributed by atoms with Gasteiger partial charge >= 0.3 is 0 Å². The fourth-order valence-electron chi connectivity index (χ4n) is 1.66. The van der Waals surface area contributed by atoms with E-state index in [-0.39, 0.29) is 11.4 Å². The standard InChI is InChI=1S/C13H13FN2O/c1-2-4-12-15-11(8-13(17)16-12)9-5-3-6-10(14)7-9/h3,5-8H,2,4H2,1H3,(H,15,16,17). The van der Waals surface area contributed by atoms with Crippen molar-refractivity contribution in [2.45, 2.75) is 19.8 Å². The van der Waals surface area contributed by atoms with Crippen LogP contribution in [0.2, 0.25) is 0 Å². The van der Waals surface area contributed by atoms with Crippen LogP contribution in [0.1, 0.15) is 19.2 Å². The molecule has 0 amide bonds. The predicted octanol–water partition coefficient (Wildman–Crippen LogP) is 2.53. The van der Waals surface area contributed by atoms with Crippen molar-refractivity contribution < 1.29 is 4.39 Å². The summed E-state index contributed by atoms with van der Waals surface area (Å²) in [6.07, 6.45) is 1.61. The Hall–Kier alpha value is -1.97. The Kier molecular flexibility index (Phi) is 3.32. The van der Waals surface area contributed by atoms with E-state index < -0.39 is 0 Å². The SMILES string of the molecule is CCCc1nc(-c2cccc(F)c2)cc(=O)[nH]1. The second kappa shape index (κ2) is 4.91. The lowest BCUT2D eigenvalue weighted by Crippen LogP contribution is -2.11. The fraction of sp³-hybridized carbons (Fsp3) is 0.231. The second-order valence-corrected chi connectivity index (χ2v) is 3.84. The highest BCUT2D eigenvalue weighted by atomic mass is 19.1. The molecule has 3 nitrogen and oxygen atoms in total. The van der Waals surface area contributed by atoms with Crippen molar-refractivity contribution in [3.05, 3.63) is 52.3 Å². The quantitative estimate of drug-likeness (QED) is 0.883. The van der Waals surface area contributed by atoms with E-state index in [2.05, 4.69) is 9.97 Å². The summed E-state index contributed by atoms with van der Waals surface area (Å²) in [5, 5.41) is 0. The van der Waals surface area contributed by atoms with Crippen molar-refractivity contribution in [1.82, 2.24) is 9.97 Å². The average molecular weight is 232 g/mol. The molecule has 0 aliphatic rings. The third kappa shape index (κ3) is 2.78. The molecule has 0 spiro atoms. The first-order chi connectivity index (χ1) is 8.19. The van der Waals surface area contributed by atoms with Crippen LogP contribution in [0.15, 0.2) is 35.1 Å². The van der Waals surface area contributed by atoms with Gasteiger partial charge in [-0.15, -0.1) is 0 Å². The van der Waals surface area contributed by atoms with E-state index in [0.717, 1.165) is 6.42 Å². The molecule has 2 aromatic rings. The van der Waals surface area contributed by atoms with E-state index in [1.54, 1.807) is 12.1 Å². The Morgan fingerprint density at radius 3 is 2.88 bits per heavy atom. The Labute approximate surface area is 98.3 Å². The van der Waals surface area contributed by atoms with Crippen molar-refractivity contribution >= 4 is 0 Å². The van der Waals surface area contributed by atoms with Gasteiger partial charge in [-0.2, -0.15) is 0 Å². The van der Waals surface area contributed by atoms with E-state index in [9.17, 15) is 9.18 Å². The minimum absolute atomic E-state index is 0.206. The summed E-state index contributed by atoms with van der Waals surface area (Å²) in [6, 6.07) is 7.46. The van der Waals surface area contributed by atoms with Crippen LogP contribution in [-0.2, 0) is 6.42 Å². The highest BCUT2D eigenvalue weighted by molar-refractivity contribution is 5.58. The second-order valence-electron chi connectivity index (χ2n) is 3.84. The summed E-state index contributed by atoms with van der Waals surface area (Å²) in [5.41, 5.74) is 0.924. The van der Waals surface area contributed by atoms with E-state index in [1.165, 1.54) is 18.2 Å². The summed E-state index contributed by atoms with van der Waals surface area (Å²) in [7, 11) is 0. The largest absolute Gasteiger partial charge is 0.311 e. The number of nitrogens with one attached hydrogen (secondary N) is 1. The molecule has 0 saturated carbocycles. The predicted molar refractivity (Wildman–Crippen MR) is 64.2 cm³/mol. The van der Waals surface area contributed by atoms with Gasteiger partial charge < -0.3 is 4.98 Å². The van der Waals surface area contributed by atoms with Gasteiger partial charge in [0.1, 0.15) is 11.6 Å². The van der Waals surface area contributed by atoms with Crippen molar-refractivity contribution in [3.8, 4) is 11.3 Å². The number of aryl methyl sites for hydroxylation is 1. The maximum atomic E-state index is 13.1. The van der Waals surface area contributed by atoms with Crippen molar-refractivity contribution in [1.29, 1.82) is 0 Å². The number of H-pyrrole nitrogens is 1. The number of rotatable bonds is 3. The number of nitrogens with zero attached hydrogens (tertiary/aromatic N) is 1. The Balaban J connectivity index is 2.48. The zero-order valence-electron chi connectivity index (χ0n) is 9.53. The normalized spacial score (nSPS) is 10.5. The van der Waals surface area contributed by atoms with Crippen LogP contribution >= 0.6 is 0 Å². The van der Waals surface area contributed by atoms with Crippen LogP contribution < -0.4 is 5.56 Å². The van der Waals surface area contributed by atoms with Crippen LogP contribution in [0.25, 0.3) is 11.3 Å². The number of hydrogen-bond donors (Lipinski definition) is 1. The van der Waals surface area contributed by atoms with Crippen molar-refractivity contribution in [2.75, 3.05) is 0 Å². The van der Waals surface area contributed by atoms with Gasteiger partial charge in [0, 0.05) is 18.1 Å². The third-order valence-electron chi connectivity index (χ3n) is 2.40. The van der Waals surface area contributed by atoms with Gasteiger partial charge in [0.05, 0.1) is 5.69 Å². The molecule has 88 valence electrons. The zero-order valence-corrected chi connectivity index (χ0v) is 9.53. The fourth-order valence-corrected chi connectivity index (χ4v) is 1.66. The number of benzene rings is 1. The molecular weight excluding hydrogens is 219 g/mol. The maximum Gasteiger partial charge on any atom is 0.251 e. The zero-order chi connectivity index (χ0) is 12.3. The Bertz CT molecular complexity index is 578. The Morgan fingerprint density at radius 2 is 2.18 bits per heavy atom. The highest BCUT2D eigenvalue weighted by Gasteiger charge is 2.04. The van der Waals surface area contributed by atoms with Crippen LogP contribution in [-0.4, -0.2) is 9.97 Å². The lowest BCUT2D eigenvalue weighted by molar-refractivity contribution is 0.628. The first-order valence-corrected chi connectivity index (χ1v) is 5.55. The first-order valence-electron chi connectivity index (χ1n) is 5.55. The molecule has 4 heteroatoms. The molecule has 1 heterocycles. The summed E-state index contributed by atoms with van der Waals surface area (Å²) >= 11 is 0. The minimum Gasteiger partial charge on any atom is -0.311 e. The lowest BCUT2D eigenvalue weighted by atomic mass is 10.1. The molecule has 1 N–H and O–H groups in total. The van der Waals surface area contributed by atoms with Gasteiger partial charge in [-0.05, 0) is 18.6 Å². The van der Waals surface area contributed by atoms with Gasteiger partial charge in [-0.25, -0.2) is 9.37 Å². The van der Waals surface area contributed by atoms with Crippen LogP contribution in [0.3, 0.4) is 0 Å². The molecule has 0 saturated heterocycles. The molecule has 1 aromatic carbocycles. The minimum atomic E-state index is -0.332. The average Bonchev–Trinajstić information content (AvgIpc) is 2.28. The molecule has 2 rings (SSSR count). The lowest BCUT2D eigenvalue weighted by Gasteiger charge is -2.03. The highest BCUT2D eigenvalue weighted by Crippen LogP contribution is 2.16. The van der Waals surface area contributed by atoms with Crippen molar-refractivity contribution in [2.24, 2.45) is 0 Å². The first kappa shape index (κ1) is 11.5. The van der Waals surface area contributed by atoms with E-state index in [4.69, 9.17) is 0 Å². The molecule has 0 fully saturated rings. The molecule has 17 heavy (non-hydrogen) atoms. The number of aromatic nitrogens is 2. The summed E-state index contributed by atoms with van der Waals surface area (Å²) in [4.78, 5) is 18.4. The molecule has 0 bridgehead atoms. The van der Waals surface area contributed by atoms with E-state index in [1.807, 2.05) is 6.92 Å². The molecule has 0 aliphatic heterocycles. The molecule has 0 radical (unpaired) electrons. The van der Waals surface area contributed by atoms with Crippen LogP contribution in [0.4, 0.5) is 4.39 Å². The summed E-state index contributed by atoms with van der Waals surface area (Å²) in [6.45, 7) is 2.01.